The van der Waals surface area contributed by atoms with Crippen LogP contribution < -0.4 is 14.8 Å². The van der Waals surface area contributed by atoms with Crippen LogP contribution in [0.25, 0.3) is 0 Å². The Balaban J connectivity index is 1.96. The summed E-state index contributed by atoms with van der Waals surface area (Å²) in [5, 5.41) is 13.3. The Hall–Kier alpha value is -2.89. The lowest BCUT2D eigenvalue weighted by molar-refractivity contribution is -0.144. The number of phenolic OH excluding ortho intramolecular Hbond substituents is 1. The lowest BCUT2D eigenvalue weighted by atomic mass is 10.0. The molecule has 0 bridgehead atoms. The molecule has 0 spiro atoms. The van der Waals surface area contributed by atoms with Gasteiger partial charge in [-0.05, 0) is 25.1 Å². The highest BCUT2D eigenvalue weighted by atomic mass is 16.7. The zero-order chi connectivity index (χ0) is 16.2. The minimum atomic E-state index is -0.855. The number of rotatable bonds is 5. The van der Waals surface area contributed by atoms with Crippen molar-refractivity contribution in [2.24, 2.45) is 0 Å². The number of esters is 1. The van der Waals surface area contributed by atoms with Gasteiger partial charge in [0.2, 0.25) is 6.79 Å². The first kappa shape index (κ1) is 15.0. The van der Waals surface area contributed by atoms with E-state index in [1.807, 2.05) is 30.3 Å². The number of carbonyl (C=O) groups excluding carboxylic acids is 1. The zero-order valence-electron chi connectivity index (χ0n) is 12.6. The number of para-hydroxylation sites is 1. The van der Waals surface area contributed by atoms with E-state index >= 15 is 0 Å². The SMILES string of the molecule is CCOC(=O)C(Nc1ccccc1)c1cc2c(cc1O)OCO2. The predicted molar refractivity (Wildman–Crippen MR) is 83.7 cm³/mol. The van der Waals surface area contributed by atoms with Gasteiger partial charge in [-0.2, -0.15) is 0 Å². The Labute approximate surface area is 133 Å². The van der Waals surface area contributed by atoms with Crippen LogP contribution >= 0.6 is 0 Å². The van der Waals surface area contributed by atoms with Crippen LogP contribution in [-0.2, 0) is 9.53 Å². The van der Waals surface area contributed by atoms with Crippen molar-refractivity contribution in [2.45, 2.75) is 13.0 Å². The molecular formula is C17H17NO5. The van der Waals surface area contributed by atoms with Gasteiger partial charge in [-0.25, -0.2) is 4.79 Å². The van der Waals surface area contributed by atoms with Gasteiger partial charge in [0.15, 0.2) is 17.5 Å². The smallest absolute Gasteiger partial charge is 0.333 e. The molecule has 6 heteroatoms. The summed E-state index contributed by atoms with van der Waals surface area (Å²) in [5.41, 5.74) is 1.11. The topological polar surface area (TPSA) is 77.0 Å². The van der Waals surface area contributed by atoms with Crippen molar-refractivity contribution in [3.63, 3.8) is 0 Å². The first-order chi connectivity index (χ1) is 11.2. The Bertz CT molecular complexity index is 702. The summed E-state index contributed by atoms with van der Waals surface area (Å²) in [6.45, 7) is 2.07. The van der Waals surface area contributed by atoms with Crippen LogP contribution in [0, 0.1) is 0 Å². The summed E-state index contributed by atoms with van der Waals surface area (Å²) >= 11 is 0. The molecule has 0 aliphatic carbocycles. The highest BCUT2D eigenvalue weighted by Gasteiger charge is 2.28. The lowest BCUT2D eigenvalue weighted by Gasteiger charge is -2.20. The van der Waals surface area contributed by atoms with Crippen molar-refractivity contribution in [1.29, 1.82) is 0 Å². The first-order valence-electron chi connectivity index (χ1n) is 7.29. The van der Waals surface area contributed by atoms with Crippen LogP contribution in [0.4, 0.5) is 5.69 Å². The highest BCUT2D eigenvalue weighted by Crippen LogP contribution is 2.40. The molecule has 3 rings (SSSR count). The predicted octanol–water partition coefficient (Wildman–Crippen LogP) is 2.84. The Morgan fingerprint density at radius 3 is 2.65 bits per heavy atom. The summed E-state index contributed by atoms with van der Waals surface area (Å²) < 4.78 is 15.7. The Kier molecular flexibility index (Phi) is 4.23. The van der Waals surface area contributed by atoms with Gasteiger partial charge < -0.3 is 24.6 Å². The molecule has 1 unspecified atom stereocenters. The Morgan fingerprint density at radius 1 is 1.26 bits per heavy atom. The van der Waals surface area contributed by atoms with Crippen molar-refractivity contribution in [2.75, 3.05) is 18.7 Å². The third kappa shape index (κ3) is 3.15. The van der Waals surface area contributed by atoms with Gasteiger partial charge in [0.25, 0.3) is 0 Å². The second-order valence-electron chi connectivity index (χ2n) is 4.96. The number of fused-ring (bicyclic) bond motifs is 1. The summed E-state index contributed by atoms with van der Waals surface area (Å²) in [7, 11) is 0. The third-order valence-electron chi connectivity index (χ3n) is 3.44. The molecule has 0 fully saturated rings. The molecule has 1 aliphatic heterocycles. The van der Waals surface area contributed by atoms with Gasteiger partial charge >= 0.3 is 5.97 Å². The van der Waals surface area contributed by atoms with Gasteiger partial charge in [-0.15, -0.1) is 0 Å². The molecule has 1 aliphatic rings. The third-order valence-corrected chi connectivity index (χ3v) is 3.44. The molecule has 0 aromatic heterocycles. The molecule has 1 heterocycles. The number of anilines is 1. The van der Waals surface area contributed by atoms with Crippen LogP contribution in [0.2, 0.25) is 0 Å². The van der Waals surface area contributed by atoms with E-state index in [-0.39, 0.29) is 19.1 Å². The molecule has 6 nitrogen and oxygen atoms in total. The van der Waals surface area contributed by atoms with E-state index in [0.717, 1.165) is 5.69 Å². The molecule has 2 N–H and O–H groups in total. The molecule has 0 saturated heterocycles. The second-order valence-corrected chi connectivity index (χ2v) is 4.96. The second kappa shape index (κ2) is 6.48. The highest BCUT2D eigenvalue weighted by molar-refractivity contribution is 5.82. The summed E-state index contributed by atoms with van der Waals surface area (Å²) in [4.78, 5) is 12.3. The lowest BCUT2D eigenvalue weighted by Crippen LogP contribution is -2.23. The van der Waals surface area contributed by atoms with Crippen LogP contribution in [0.1, 0.15) is 18.5 Å². The maximum absolute atomic E-state index is 12.3. The quantitative estimate of drug-likeness (QED) is 0.826. The van der Waals surface area contributed by atoms with Crippen molar-refractivity contribution in [1.82, 2.24) is 0 Å². The van der Waals surface area contributed by atoms with E-state index in [1.54, 1.807) is 13.0 Å². The fourth-order valence-electron chi connectivity index (χ4n) is 2.37. The van der Waals surface area contributed by atoms with Gasteiger partial charge in [0.1, 0.15) is 5.75 Å². The molecule has 0 radical (unpaired) electrons. The molecule has 2 aromatic rings. The number of phenols is 1. The van der Waals surface area contributed by atoms with E-state index in [9.17, 15) is 9.90 Å². The average Bonchev–Trinajstić information content (AvgIpc) is 3.00. The molecule has 23 heavy (non-hydrogen) atoms. The number of benzene rings is 2. The number of hydrogen-bond donors (Lipinski definition) is 2. The Morgan fingerprint density at radius 2 is 1.96 bits per heavy atom. The van der Waals surface area contributed by atoms with Crippen molar-refractivity contribution in [3.8, 4) is 17.2 Å². The summed E-state index contributed by atoms with van der Waals surface area (Å²) in [5.74, 6) is 0.400. The van der Waals surface area contributed by atoms with E-state index in [4.69, 9.17) is 14.2 Å². The average molecular weight is 315 g/mol. The summed E-state index contributed by atoms with van der Waals surface area (Å²) in [6.07, 6.45) is 0. The number of nitrogens with one attached hydrogen (secondary N) is 1. The van der Waals surface area contributed by atoms with Gasteiger partial charge in [-0.3, -0.25) is 0 Å². The van der Waals surface area contributed by atoms with Crippen molar-refractivity contribution < 1.29 is 24.1 Å². The van der Waals surface area contributed by atoms with Crippen molar-refractivity contribution >= 4 is 11.7 Å². The maximum Gasteiger partial charge on any atom is 0.333 e. The van der Waals surface area contributed by atoms with Crippen molar-refractivity contribution in [3.05, 3.63) is 48.0 Å². The molecule has 120 valence electrons. The fraction of sp³-hybridized carbons (Fsp3) is 0.235. The first-order valence-corrected chi connectivity index (χ1v) is 7.29. The molecule has 0 saturated carbocycles. The standard InChI is InChI=1S/C17H17NO5/c1-2-21-17(20)16(18-11-6-4-3-5-7-11)12-8-14-15(9-13(12)19)23-10-22-14/h3-9,16,18-19H,2,10H2,1H3. The van der Waals surface area contributed by atoms with Crippen LogP contribution in [0.15, 0.2) is 42.5 Å². The van der Waals surface area contributed by atoms with Gasteiger partial charge in [-0.1, -0.05) is 18.2 Å². The number of ether oxygens (including phenoxy) is 3. The van der Waals surface area contributed by atoms with Crippen LogP contribution in [0.5, 0.6) is 17.2 Å². The number of hydrogen-bond acceptors (Lipinski definition) is 6. The molecule has 1 atom stereocenters. The monoisotopic (exact) mass is 315 g/mol. The molecular weight excluding hydrogens is 298 g/mol. The minimum Gasteiger partial charge on any atom is -0.507 e. The normalized spacial score (nSPS) is 13.4. The number of carbonyl (C=O) groups is 1. The van der Waals surface area contributed by atoms with Crippen LogP contribution in [-0.4, -0.2) is 24.5 Å². The molecule has 0 amide bonds. The van der Waals surface area contributed by atoms with Gasteiger partial charge in [0, 0.05) is 17.3 Å². The zero-order valence-corrected chi connectivity index (χ0v) is 12.6. The fourth-order valence-corrected chi connectivity index (χ4v) is 2.37. The molecule has 2 aromatic carbocycles. The maximum atomic E-state index is 12.3. The van der Waals surface area contributed by atoms with Crippen LogP contribution in [0.3, 0.4) is 0 Å². The minimum absolute atomic E-state index is 0.0595. The van der Waals surface area contributed by atoms with E-state index in [2.05, 4.69) is 5.32 Å². The van der Waals surface area contributed by atoms with Gasteiger partial charge in [0.05, 0.1) is 6.61 Å². The largest absolute Gasteiger partial charge is 0.507 e. The van der Waals surface area contributed by atoms with E-state index in [0.29, 0.717) is 17.1 Å². The van der Waals surface area contributed by atoms with E-state index < -0.39 is 12.0 Å². The summed E-state index contributed by atoms with van der Waals surface area (Å²) in [6, 6.07) is 11.4. The number of aromatic hydroxyl groups is 1. The van der Waals surface area contributed by atoms with E-state index in [1.165, 1.54) is 6.07 Å².